The summed E-state index contributed by atoms with van der Waals surface area (Å²) in [4.78, 5) is 9.84. The fraction of sp³-hybridized carbons (Fsp3) is 0.273. The molecule has 2 aromatic heterocycles. The molecular formula is C11H13BrN4S. The van der Waals surface area contributed by atoms with Gasteiger partial charge in [0.15, 0.2) is 0 Å². The van der Waals surface area contributed by atoms with E-state index in [0.717, 1.165) is 28.5 Å². The van der Waals surface area contributed by atoms with Crippen LogP contribution in [0.3, 0.4) is 0 Å². The van der Waals surface area contributed by atoms with Gasteiger partial charge in [-0.3, -0.25) is 0 Å². The number of nitrogens with one attached hydrogen (secondary N) is 2. The number of hydrogen-bond acceptors (Lipinski definition) is 5. The zero-order valence-electron chi connectivity index (χ0n) is 9.62. The Hall–Kier alpha value is -1.14. The Morgan fingerprint density at radius 1 is 1.35 bits per heavy atom. The molecule has 0 saturated heterocycles. The van der Waals surface area contributed by atoms with Crippen molar-refractivity contribution in [3.63, 3.8) is 0 Å². The third-order valence-corrected chi connectivity index (χ3v) is 4.14. The van der Waals surface area contributed by atoms with Gasteiger partial charge >= 0.3 is 0 Å². The fourth-order valence-corrected chi connectivity index (χ4v) is 2.84. The second kappa shape index (κ2) is 5.46. The molecule has 0 radical (unpaired) electrons. The van der Waals surface area contributed by atoms with E-state index in [-0.39, 0.29) is 0 Å². The Balaban J connectivity index is 2.09. The summed E-state index contributed by atoms with van der Waals surface area (Å²) in [6.07, 6.45) is 0. The first-order valence-corrected chi connectivity index (χ1v) is 6.85. The molecule has 0 aliphatic heterocycles. The lowest BCUT2D eigenvalue weighted by Gasteiger charge is -2.07. The smallest absolute Gasteiger partial charge is 0.132 e. The molecule has 4 nitrogen and oxygen atoms in total. The first kappa shape index (κ1) is 12.3. The molecule has 0 unspecified atom stereocenters. The maximum absolute atomic E-state index is 4.34. The normalized spacial score (nSPS) is 10.3. The van der Waals surface area contributed by atoms with Gasteiger partial charge in [-0.25, -0.2) is 9.97 Å². The van der Waals surface area contributed by atoms with Crippen LogP contribution in [0, 0.1) is 6.92 Å². The summed E-state index contributed by atoms with van der Waals surface area (Å²) < 4.78 is 1.13. The van der Waals surface area contributed by atoms with Gasteiger partial charge in [0.05, 0.1) is 6.54 Å². The molecule has 2 heterocycles. The van der Waals surface area contributed by atoms with E-state index in [1.807, 2.05) is 26.1 Å². The van der Waals surface area contributed by atoms with E-state index in [0.29, 0.717) is 0 Å². The number of rotatable bonds is 4. The van der Waals surface area contributed by atoms with Gasteiger partial charge in [-0.15, -0.1) is 11.3 Å². The van der Waals surface area contributed by atoms with E-state index in [9.17, 15) is 0 Å². The third kappa shape index (κ3) is 3.17. The highest BCUT2D eigenvalue weighted by Gasteiger charge is 2.03. The second-order valence-corrected chi connectivity index (χ2v) is 5.34. The minimum Gasteiger partial charge on any atom is -0.373 e. The average Bonchev–Trinajstić information content (AvgIpc) is 2.71. The Bertz CT molecular complexity index is 512. The predicted octanol–water partition coefficient (Wildman–Crippen LogP) is 3.26. The van der Waals surface area contributed by atoms with Crippen LogP contribution < -0.4 is 10.6 Å². The monoisotopic (exact) mass is 312 g/mol. The lowest BCUT2D eigenvalue weighted by atomic mass is 10.4. The number of aromatic nitrogens is 2. The van der Waals surface area contributed by atoms with Crippen LogP contribution in [-0.2, 0) is 6.54 Å². The number of anilines is 2. The van der Waals surface area contributed by atoms with Gasteiger partial charge in [-0.05, 0) is 34.3 Å². The first-order valence-electron chi connectivity index (χ1n) is 5.18. The number of halogens is 1. The third-order valence-electron chi connectivity index (χ3n) is 2.22. The van der Waals surface area contributed by atoms with E-state index >= 15 is 0 Å². The molecule has 0 spiro atoms. The zero-order valence-corrected chi connectivity index (χ0v) is 12.0. The highest BCUT2D eigenvalue weighted by atomic mass is 79.9. The van der Waals surface area contributed by atoms with Crippen LogP contribution in [0.15, 0.2) is 22.0 Å². The quantitative estimate of drug-likeness (QED) is 0.909. The van der Waals surface area contributed by atoms with Crippen molar-refractivity contribution in [2.75, 3.05) is 17.7 Å². The summed E-state index contributed by atoms with van der Waals surface area (Å²) in [6, 6.07) is 3.94. The highest BCUT2D eigenvalue weighted by molar-refractivity contribution is 9.10. The second-order valence-electron chi connectivity index (χ2n) is 3.48. The molecule has 0 aromatic carbocycles. The molecule has 0 aliphatic carbocycles. The van der Waals surface area contributed by atoms with Crippen molar-refractivity contribution >= 4 is 38.9 Å². The molecule has 0 atom stereocenters. The van der Waals surface area contributed by atoms with E-state index < -0.39 is 0 Å². The van der Waals surface area contributed by atoms with Crippen LogP contribution in [-0.4, -0.2) is 17.0 Å². The summed E-state index contributed by atoms with van der Waals surface area (Å²) in [5.74, 6) is 2.41. The molecule has 0 amide bonds. The highest BCUT2D eigenvalue weighted by Crippen LogP contribution is 2.23. The van der Waals surface area contributed by atoms with Gasteiger partial charge in [0.2, 0.25) is 0 Å². The van der Waals surface area contributed by atoms with Gasteiger partial charge in [-0.2, -0.15) is 0 Å². The van der Waals surface area contributed by atoms with Gasteiger partial charge in [0.25, 0.3) is 0 Å². The zero-order chi connectivity index (χ0) is 12.3. The first-order chi connectivity index (χ1) is 8.19. The van der Waals surface area contributed by atoms with Crippen LogP contribution in [0.5, 0.6) is 0 Å². The maximum Gasteiger partial charge on any atom is 0.132 e. The van der Waals surface area contributed by atoms with Crippen molar-refractivity contribution in [3.05, 3.63) is 32.7 Å². The lowest BCUT2D eigenvalue weighted by Crippen LogP contribution is -2.04. The Morgan fingerprint density at radius 3 is 2.76 bits per heavy atom. The summed E-state index contributed by atoms with van der Waals surface area (Å²) in [5, 5.41) is 8.37. The van der Waals surface area contributed by atoms with Gasteiger partial charge in [-0.1, -0.05) is 0 Å². The molecule has 17 heavy (non-hydrogen) atoms. The van der Waals surface area contributed by atoms with Crippen molar-refractivity contribution < 1.29 is 0 Å². The minimum atomic E-state index is 0.754. The van der Waals surface area contributed by atoms with Crippen LogP contribution in [0.1, 0.15) is 10.7 Å². The van der Waals surface area contributed by atoms with Crippen molar-refractivity contribution in [1.82, 2.24) is 9.97 Å². The Labute approximate surface area is 113 Å². The lowest BCUT2D eigenvalue weighted by molar-refractivity contribution is 1.03. The molecular weight excluding hydrogens is 300 g/mol. The largest absolute Gasteiger partial charge is 0.373 e. The average molecular weight is 313 g/mol. The standard InChI is InChI=1S/C11H13BrN4S/c1-7-15-10(13-2)5-11(16-7)14-6-9-8(12)3-4-17-9/h3-5H,6H2,1-2H3,(H2,13,14,15,16). The van der Waals surface area contributed by atoms with Gasteiger partial charge in [0, 0.05) is 22.5 Å². The number of hydrogen-bond donors (Lipinski definition) is 2. The number of nitrogens with zero attached hydrogens (tertiary/aromatic N) is 2. The molecule has 2 rings (SSSR count). The van der Waals surface area contributed by atoms with Gasteiger partial charge < -0.3 is 10.6 Å². The van der Waals surface area contributed by atoms with Crippen LogP contribution in [0.4, 0.5) is 11.6 Å². The molecule has 2 N–H and O–H groups in total. The van der Waals surface area contributed by atoms with Crippen LogP contribution >= 0.6 is 27.3 Å². The molecule has 2 aromatic rings. The molecule has 0 fully saturated rings. The van der Waals surface area contributed by atoms with E-state index in [2.05, 4.69) is 41.9 Å². The van der Waals surface area contributed by atoms with Crippen molar-refractivity contribution in [2.45, 2.75) is 13.5 Å². The fourth-order valence-electron chi connectivity index (χ4n) is 1.41. The molecule has 6 heteroatoms. The SMILES string of the molecule is CNc1cc(NCc2sccc2Br)nc(C)n1. The molecule has 0 aliphatic rings. The Morgan fingerprint density at radius 2 is 2.12 bits per heavy atom. The number of thiophene rings is 1. The van der Waals surface area contributed by atoms with Crippen LogP contribution in [0.2, 0.25) is 0 Å². The summed E-state index contributed by atoms with van der Waals surface area (Å²) in [6.45, 7) is 2.64. The van der Waals surface area contributed by atoms with E-state index in [1.54, 1.807) is 11.3 Å². The minimum absolute atomic E-state index is 0.754. The van der Waals surface area contributed by atoms with Gasteiger partial charge in [0.1, 0.15) is 17.5 Å². The molecule has 0 bridgehead atoms. The van der Waals surface area contributed by atoms with E-state index in [4.69, 9.17) is 0 Å². The van der Waals surface area contributed by atoms with Crippen molar-refractivity contribution in [1.29, 1.82) is 0 Å². The van der Waals surface area contributed by atoms with E-state index in [1.165, 1.54) is 4.88 Å². The summed E-state index contributed by atoms with van der Waals surface area (Å²) >= 11 is 5.22. The number of aryl methyl sites for hydroxylation is 1. The maximum atomic E-state index is 4.34. The topological polar surface area (TPSA) is 49.8 Å². The molecule has 0 saturated carbocycles. The molecule has 90 valence electrons. The van der Waals surface area contributed by atoms with Crippen molar-refractivity contribution in [2.24, 2.45) is 0 Å². The summed E-state index contributed by atoms with van der Waals surface area (Å²) in [7, 11) is 1.85. The van der Waals surface area contributed by atoms with Crippen molar-refractivity contribution in [3.8, 4) is 0 Å². The Kier molecular flexibility index (Phi) is 3.96. The predicted molar refractivity (Wildman–Crippen MR) is 75.7 cm³/mol. The van der Waals surface area contributed by atoms with Crippen LogP contribution in [0.25, 0.3) is 0 Å². The summed E-state index contributed by atoms with van der Waals surface area (Å²) in [5.41, 5.74) is 0.